The Kier molecular flexibility index (Phi) is 4.58. The normalized spacial score (nSPS) is 18.1. The molecule has 1 heterocycles. The number of aliphatic hydroxyl groups excluding tert-OH is 1. The molecule has 0 unspecified atom stereocenters. The molecular weight excluding hydrogens is 226 g/mol. The zero-order chi connectivity index (χ0) is 13.0. The molecule has 1 aromatic carbocycles. The molecule has 1 aliphatic heterocycles. The van der Waals surface area contributed by atoms with Gasteiger partial charge in [-0.1, -0.05) is 6.07 Å². The van der Waals surface area contributed by atoms with Gasteiger partial charge in [0.1, 0.15) is 0 Å². The summed E-state index contributed by atoms with van der Waals surface area (Å²) in [6.07, 6.45) is 0. The van der Waals surface area contributed by atoms with Crippen molar-refractivity contribution in [2.45, 2.75) is 13.5 Å². The number of β-amino-alcohol motifs (C(OH)–C–C–N with tert-alkyl or cyclic N) is 1. The maximum atomic E-state index is 8.91. The van der Waals surface area contributed by atoms with Crippen molar-refractivity contribution >= 4 is 5.69 Å². The van der Waals surface area contributed by atoms with Gasteiger partial charge in [0.05, 0.1) is 6.61 Å². The van der Waals surface area contributed by atoms with E-state index in [9.17, 15) is 0 Å². The van der Waals surface area contributed by atoms with E-state index < -0.39 is 0 Å². The molecule has 18 heavy (non-hydrogen) atoms. The first kappa shape index (κ1) is 13.3. The summed E-state index contributed by atoms with van der Waals surface area (Å²) >= 11 is 0. The second-order valence-corrected chi connectivity index (χ2v) is 5.03. The molecule has 0 radical (unpaired) electrons. The number of nitrogen functional groups attached to an aromatic ring is 1. The van der Waals surface area contributed by atoms with E-state index >= 15 is 0 Å². The number of piperazine rings is 1. The lowest BCUT2D eigenvalue weighted by Gasteiger charge is -2.34. The second-order valence-electron chi connectivity index (χ2n) is 5.03. The molecule has 2 rings (SSSR count). The molecule has 1 saturated heterocycles. The summed E-state index contributed by atoms with van der Waals surface area (Å²) in [6, 6.07) is 6.15. The lowest BCUT2D eigenvalue weighted by atomic mass is 10.1. The maximum absolute atomic E-state index is 8.91. The highest BCUT2D eigenvalue weighted by atomic mass is 16.3. The van der Waals surface area contributed by atoms with Crippen molar-refractivity contribution < 1.29 is 5.11 Å². The van der Waals surface area contributed by atoms with E-state index in [2.05, 4.69) is 22.8 Å². The van der Waals surface area contributed by atoms with E-state index in [-0.39, 0.29) is 6.61 Å². The Hall–Kier alpha value is -1.10. The average molecular weight is 249 g/mol. The first-order chi connectivity index (χ1) is 8.69. The summed E-state index contributed by atoms with van der Waals surface area (Å²) in [7, 11) is 0. The van der Waals surface area contributed by atoms with Crippen molar-refractivity contribution in [1.82, 2.24) is 9.80 Å². The van der Waals surface area contributed by atoms with Crippen LogP contribution in [0.2, 0.25) is 0 Å². The average Bonchev–Trinajstić information content (AvgIpc) is 2.35. The Bertz CT molecular complexity index is 387. The van der Waals surface area contributed by atoms with Crippen molar-refractivity contribution in [1.29, 1.82) is 0 Å². The largest absolute Gasteiger partial charge is 0.399 e. The summed E-state index contributed by atoms with van der Waals surface area (Å²) < 4.78 is 0. The predicted molar refractivity (Wildman–Crippen MR) is 74.4 cm³/mol. The summed E-state index contributed by atoms with van der Waals surface area (Å²) in [5, 5.41) is 8.91. The summed E-state index contributed by atoms with van der Waals surface area (Å²) in [6.45, 7) is 8.43. The number of rotatable bonds is 4. The molecule has 0 atom stereocenters. The summed E-state index contributed by atoms with van der Waals surface area (Å²) in [5.41, 5.74) is 9.24. The Labute approximate surface area is 109 Å². The minimum Gasteiger partial charge on any atom is -0.399 e. The number of hydrogen-bond acceptors (Lipinski definition) is 4. The third kappa shape index (κ3) is 3.45. The second kappa shape index (κ2) is 6.18. The van der Waals surface area contributed by atoms with E-state index in [1.54, 1.807) is 0 Å². The van der Waals surface area contributed by atoms with Crippen molar-refractivity contribution in [3.8, 4) is 0 Å². The molecule has 1 aliphatic rings. The van der Waals surface area contributed by atoms with Gasteiger partial charge in [-0.3, -0.25) is 9.80 Å². The Balaban J connectivity index is 1.87. The molecule has 0 aromatic heterocycles. The molecular formula is C14H23N3O. The highest BCUT2D eigenvalue weighted by molar-refractivity contribution is 5.44. The van der Waals surface area contributed by atoms with Gasteiger partial charge < -0.3 is 10.8 Å². The Morgan fingerprint density at radius 3 is 2.44 bits per heavy atom. The predicted octanol–water partition coefficient (Wildman–Crippen LogP) is 0.687. The summed E-state index contributed by atoms with van der Waals surface area (Å²) in [4.78, 5) is 4.78. The third-order valence-corrected chi connectivity index (χ3v) is 3.64. The van der Waals surface area contributed by atoms with E-state index in [4.69, 9.17) is 10.8 Å². The van der Waals surface area contributed by atoms with Crippen LogP contribution in [0.5, 0.6) is 0 Å². The van der Waals surface area contributed by atoms with Gasteiger partial charge in [-0.25, -0.2) is 0 Å². The Morgan fingerprint density at radius 1 is 1.17 bits per heavy atom. The van der Waals surface area contributed by atoms with Gasteiger partial charge in [0.25, 0.3) is 0 Å². The number of nitrogens with two attached hydrogens (primary N) is 1. The van der Waals surface area contributed by atoms with E-state index in [1.165, 1.54) is 11.1 Å². The van der Waals surface area contributed by atoms with Crippen molar-refractivity contribution in [2.24, 2.45) is 0 Å². The minimum atomic E-state index is 0.261. The fourth-order valence-electron chi connectivity index (χ4n) is 2.45. The number of aryl methyl sites for hydroxylation is 1. The fraction of sp³-hybridized carbons (Fsp3) is 0.571. The van der Waals surface area contributed by atoms with Crippen LogP contribution in [-0.4, -0.2) is 54.2 Å². The smallest absolute Gasteiger partial charge is 0.0558 e. The molecule has 0 amide bonds. The van der Waals surface area contributed by atoms with Gasteiger partial charge in [0, 0.05) is 45.0 Å². The van der Waals surface area contributed by atoms with Crippen LogP contribution in [-0.2, 0) is 6.54 Å². The molecule has 3 N–H and O–H groups in total. The number of aliphatic hydroxyl groups is 1. The first-order valence-electron chi connectivity index (χ1n) is 6.59. The van der Waals surface area contributed by atoms with Crippen molar-refractivity contribution in [3.05, 3.63) is 29.3 Å². The van der Waals surface area contributed by atoms with E-state index in [0.29, 0.717) is 0 Å². The standard InChI is InChI=1S/C14H23N3O/c1-12-10-14(15)3-2-13(12)11-17-6-4-16(5-7-17)8-9-18/h2-3,10,18H,4-9,11,15H2,1H3. The topological polar surface area (TPSA) is 52.7 Å². The van der Waals surface area contributed by atoms with Gasteiger partial charge in [-0.05, 0) is 30.2 Å². The highest BCUT2D eigenvalue weighted by Gasteiger charge is 2.16. The molecule has 100 valence electrons. The lowest BCUT2D eigenvalue weighted by Crippen LogP contribution is -2.46. The monoisotopic (exact) mass is 249 g/mol. The van der Waals surface area contributed by atoms with Crippen LogP contribution in [0.4, 0.5) is 5.69 Å². The molecule has 0 aliphatic carbocycles. The number of hydrogen-bond donors (Lipinski definition) is 2. The first-order valence-corrected chi connectivity index (χ1v) is 6.59. The van der Waals surface area contributed by atoms with Gasteiger partial charge in [0.2, 0.25) is 0 Å². The molecule has 1 aromatic rings. The van der Waals surface area contributed by atoms with Crippen molar-refractivity contribution in [3.63, 3.8) is 0 Å². The van der Waals surface area contributed by atoms with E-state index in [0.717, 1.165) is 45.0 Å². The van der Waals surface area contributed by atoms with Crippen LogP contribution in [0.25, 0.3) is 0 Å². The number of anilines is 1. The van der Waals surface area contributed by atoms with E-state index in [1.807, 2.05) is 12.1 Å². The zero-order valence-corrected chi connectivity index (χ0v) is 11.1. The molecule has 0 bridgehead atoms. The maximum Gasteiger partial charge on any atom is 0.0558 e. The number of benzene rings is 1. The molecule has 0 spiro atoms. The molecule has 4 nitrogen and oxygen atoms in total. The SMILES string of the molecule is Cc1cc(N)ccc1CN1CCN(CCO)CC1. The fourth-order valence-corrected chi connectivity index (χ4v) is 2.45. The van der Waals surface area contributed by atoms with Crippen LogP contribution < -0.4 is 5.73 Å². The van der Waals surface area contributed by atoms with Crippen LogP contribution in [0.1, 0.15) is 11.1 Å². The van der Waals surface area contributed by atoms with Crippen LogP contribution in [0.3, 0.4) is 0 Å². The van der Waals surface area contributed by atoms with Crippen LogP contribution in [0.15, 0.2) is 18.2 Å². The van der Waals surface area contributed by atoms with Gasteiger partial charge in [-0.15, -0.1) is 0 Å². The van der Waals surface area contributed by atoms with Crippen molar-refractivity contribution in [2.75, 3.05) is 45.1 Å². The molecule has 0 saturated carbocycles. The third-order valence-electron chi connectivity index (χ3n) is 3.64. The van der Waals surface area contributed by atoms with Gasteiger partial charge >= 0.3 is 0 Å². The zero-order valence-electron chi connectivity index (χ0n) is 11.1. The van der Waals surface area contributed by atoms with Gasteiger partial charge in [-0.2, -0.15) is 0 Å². The minimum absolute atomic E-state index is 0.261. The lowest BCUT2D eigenvalue weighted by molar-refractivity contribution is 0.108. The molecule has 1 fully saturated rings. The number of nitrogens with zero attached hydrogens (tertiary/aromatic N) is 2. The Morgan fingerprint density at radius 2 is 1.83 bits per heavy atom. The van der Waals surface area contributed by atoms with Crippen LogP contribution >= 0.6 is 0 Å². The quantitative estimate of drug-likeness (QED) is 0.771. The van der Waals surface area contributed by atoms with Crippen LogP contribution in [0, 0.1) is 6.92 Å². The highest BCUT2D eigenvalue weighted by Crippen LogP contribution is 2.15. The molecule has 4 heteroatoms. The van der Waals surface area contributed by atoms with Gasteiger partial charge in [0.15, 0.2) is 0 Å². The summed E-state index contributed by atoms with van der Waals surface area (Å²) in [5.74, 6) is 0.